The second kappa shape index (κ2) is 6.46. The molecule has 0 saturated heterocycles. The number of carbonyl (C=O) groups is 2. The number of carbonyl (C=O) groups excluding carboxylic acids is 1. The lowest BCUT2D eigenvalue weighted by atomic mass is 10.2. The van der Waals surface area contributed by atoms with Crippen molar-refractivity contribution in [1.29, 1.82) is 0 Å². The van der Waals surface area contributed by atoms with Crippen LogP contribution in [-0.4, -0.2) is 50.3 Å². The maximum Gasteiger partial charge on any atom is 0.339 e. The van der Waals surface area contributed by atoms with Gasteiger partial charge in [-0.2, -0.15) is 4.72 Å². The van der Waals surface area contributed by atoms with Crippen molar-refractivity contribution < 1.29 is 33.0 Å². The van der Waals surface area contributed by atoms with E-state index in [2.05, 4.69) is 4.74 Å². The minimum atomic E-state index is -4.29. The van der Waals surface area contributed by atoms with E-state index < -0.39 is 39.5 Å². The van der Waals surface area contributed by atoms with Gasteiger partial charge in [-0.15, -0.1) is 0 Å². The largest absolute Gasteiger partial charge is 0.480 e. The standard InChI is InChI=1S/C11H13NO7S/c1-19-11(16)7-4-2-3-5-9(7)20(17,18)12-8(6-13)10(14)15/h2-5,8,12-13H,6H2,1H3,(H,14,15)/t8-/m1/s1. The minimum Gasteiger partial charge on any atom is -0.480 e. The van der Waals surface area contributed by atoms with Crippen LogP contribution in [-0.2, 0) is 19.6 Å². The molecule has 0 unspecified atom stereocenters. The Bertz CT molecular complexity index is 611. The van der Waals surface area contributed by atoms with Crippen LogP contribution in [0.2, 0.25) is 0 Å². The predicted octanol–water partition coefficient (Wildman–Crippen LogP) is -0.803. The van der Waals surface area contributed by atoms with E-state index in [1.54, 1.807) is 4.72 Å². The molecular weight excluding hydrogens is 290 g/mol. The van der Waals surface area contributed by atoms with Crippen molar-refractivity contribution in [3.8, 4) is 0 Å². The van der Waals surface area contributed by atoms with E-state index in [4.69, 9.17) is 10.2 Å². The summed E-state index contributed by atoms with van der Waals surface area (Å²) in [4.78, 5) is 21.8. The van der Waals surface area contributed by atoms with Gasteiger partial charge in [0.1, 0.15) is 6.04 Å². The summed E-state index contributed by atoms with van der Waals surface area (Å²) in [7, 11) is -3.20. The topological polar surface area (TPSA) is 130 Å². The summed E-state index contributed by atoms with van der Waals surface area (Å²) in [5.74, 6) is -2.41. The SMILES string of the molecule is COC(=O)c1ccccc1S(=O)(=O)N[C@H](CO)C(=O)O. The molecule has 0 aliphatic carbocycles. The summed E-state index contributed by atoms with van der Waals surface area (Å²) in [5, 5.41) is 17.6. The highest BCUT2D eigenvalue weighted by molar-refractivity contribution is 7.89. The van der Waals surface area contributed by atoms with Crippen molar-refractivity contribution in [2.75, 3.05) is 13.7 Å². The van der Waals surface area contributed by atoms with Crippen LogP contribution in [0, 0.1) is 0 Å². The Labute approximate surface area is 115 Å². The molecule has 9 heteroatoms. The summed E-state index contributed by atoms with van der Waals surface area (Å²) in [6.45, 7) is -0.922. The molecule has 0 radical (unpaired) electrons. The van der Waals surface area contributed by atoms with Gasteiger partial charge < -0.3 is 14.9 Å². The second-order valence-corrected chi connectivity index (χ2v) is 5.36. The van der Waals surface area contributed by atoms with Gasteiger partial charge >= 0.3 is 11.9 Å². The fraction of sp³-hybridized carbons (Fsp3) is 0.273. The first-order chi connectivity index (χ1) is 9.33. The molecule has 110 valence electrons. The van der Waals surface area contributed by atoms with Crippen LogP contribution in [0.15, 0.2) is 29.2 Å². The van der Waals surface area contributed by atoms with E-state index in [1.165, 1.54) is 18.2 Å². The molecule has 0 saturated carbocycles. The van der Waals surface area contributed by atoms with Gasteiger partial charge in [-0.1, -0.05) is 12.1 Å². The van der Waals surface area contributed by atoms with Gasteiger partial charge in [0.2, 0.25) is 10.0 Å². The highest BCUT2D eigenvalue weighted by atomic mass is 32.2. The zero-order valence-electron chi connectivity index (χ0n) is 10.4. The lowest BCUT2D eigenvalue weighted by Crippen LogP contribution is -2.43. The van der Waals surface area contributed by atoms with Gasteiger partial charge in [0.05, 0.1) is 24.2 Å². The number of carboxylic acid groups (broad SMARTS) is 1. The second-order valence-electron chi connectivity index (χ2n) is 3.68. The normalized spacial score (nSPS) is 12.7. The molecule has 0 aliphatic rings. The Morgan fingerprint density at radius 2 is 1.95 bits per heavy atom. The Morgan fingerprint density at radius 1 is 1.35 bits per heavy atom. The van der Waals surface area contributed by atoms with Crippen LogP contribution >= 0.6 is 0 Å². The number of ether oxygens (including phenoxy) is 1. The molecule has 0 bridgehead atoms. The summed E-state index contributed by atoms with van der Waals surface area (Å²) in [6, 6.07) is 3.47. The zero-order chi connectivity index (χ0) is 15.3. The maximum absolute atomic E-state index is 12.1. The van der Waals surface area contributed by atoms with Crippen LogP contribution in [0.25, 0.3) is 0 Å². The third kappa shape index (κ3) is 3.53. The summed E-state index contributed by atoms with van der Waals surface area (Å²) < 4.78 is 30.4. The van der Waals surface area contributed by atoms with Gasteiger partial charge in [-0.25, -0.2) is 13.2 Å². The molecule has 20 heavy (non-hydrogen) atoms. The third-order valence-electron chi connectivity index (χ3n) is 2.36. The molecule has 1 rings (SSSR count). The van der Waals surface area contributed by atoms with E-state index in [0.717, 1.165) is 13.2 Å². The Morgan fingerprint density at radius 3 is 2.45 bits per heavy atom. The van der Waals surface area contributed by atoms with Crippen molar-refractivity contribution in [3.63, 3.8) is 0 Å². The molecule has 0 aromatic heterocycles. The van der Waals surface area contributed by atoms with Crippen molar-refractivity contribution in [2.24, 2.45) is 0 Å². The van der Waals surface area contributed by atoms with E-state index in [-0.39, 0.29) is 5.56 Å². The molecular formula is C11H13NO7S. The number of esters is 1. The van der Waals surface area contributed by atoms with Crippen LogP contribution in [0.3, 0.4) is 0 Å². The molecule has 0 fully saturated rings. The quantitative estimate of drug-likeness (QED) is 0.586. The third-order valence-corrected chi connectivity index (χ3v) is 3.89. The summed E-state index contributed by atoms with van der Waals surface area (Å²) >= 11 is 0. The molecule has 0 amide bonds. The van der Waals surface area contributed by atoms with Gasteiger partial charge in [0.25, 0.3) is 0 Å². The molecule has 3 N–H and O–H groups in total. The molecule has 0 heterocycles. The molecule has 1 aromatic carbocycles. The Balaban J connectivity index is 3.23. The monoisotopic (exact) mass is 303 g/mol. The van der Waals surface area contributed by atoms with Gasteiger partial charge in [0.15, 0.2) is 0 Å². The Kier molecular flexibility index (Phi) is 5.19. The first kappa shape index (κ1) is 16.1. The number of hydrogen-bond donors (Lipinski definition) is 3. The van der Waals surface area contributed by atoms with E-state index in [1.807, 2.05) is 0 Å². The number of nitrogens with one attached hydrogen (secondary N) is 1. The first-order valence-corrected chi connectivity index (χ1v) is 6.85. The highest BCUT2D eigenvalue weighted by Crippen LogP contribution is 2.16. The Hall–Kier alpha value is -1.97. The predicted molar refractivity (Wildman–Crippen MR) is 66.6 cm³/mol. The number of aliphatic carboxylic acids is 1. The molecule has 1 aromatic rings. The van der Waals surface area contributed by atoms with Crippen molar-refractivity contribution in [1.82, 2.24) is 4.72 Å². The van der Waals surface area contributed by atoms with E-state index in [9.17, 15) is 18.0 Å². The number of aliphatic hydroxyl groups excluding tert-OH is 1. The van der Waals surface area contributed by atoms with Gasteiger partial charge in [-0.3, -0.25) is 4.79 Å². The molecule has 1 atom stereocenters. The summed E-state index contributed by atoms with van der Waals surface area (Å²) in [5.41, 5.74) is -0.232. The zero-order valence-corrected chi connectivity index (χ0v) is 11.3. The van der Waals surface area contributed by atoms with Crippen LogP contribution < -0.4 is 4.72 Å². The number of aliphatic hydroxyl groups is 1. The molecule has 0 spiro atoms. The van der Waals surface area contributed by atoms with Crippen molar-refractivity contribution in [3.05, 3.63) is 29.8 Å². The lowest BCUT2D eigenvalue weighted by Gasteiger charge is -2.14. The average Bonchev–Trinajstić information content (AvgIpc) is 2.43. The first-order valence-electron chi connectivity index (χ1n) is 5.36. The number of sulfonamides is 1. The maximum atomic E-state index is 12.1. The van der Waals surface area contributed by atoms with Gasteiger partial charge in [-0.05, 0) is 12.1 Å². The fourth-order valence-electron chi connectivity index (χ4n) is 1.40. The number of hydrogen-bond acceptors (Lipinski definition) is 6. The van der Waals surface area contributed by atoms with Crippen molar-refractivity contribution in [2.45, 2.75) is 10.9 Å². The van der Waals surface area contributed by atoms with Crippen LogP contribution in [0.1, 0.15) is 10.4 Å². The number of methoxy groups -OCH3 is 1. The number of rotatable bonds is 6. The van der Waals surface area contributed by atoms with Crippen LogP contribution in [0.5, 0.6) is 0 Å². The fourth-order valence-corrected chi connectivity index (χ4v) is 2.77. The average molecular weight is 303 g/mol. The van der Waals surface area contributed by atoms with E-state index >= 15 is 0 Å². The van der Waals surface area contributed by atoms with Crippen LogP contribution in [0.4, 0.5) is 0 Å². The smallest absolute Gasteiger partial charge is 0.339 e. The molecule has 0 aliphatic heterocycles. The number of benzene rings is 1. The van der Waals surface area contributed by atoms with Gasteiger partial charge in [0, 0.05) is 0 Å². The number of carboxylic acids is 1. The highest BCUT2D eigenvalue weighted by Gasteiger charge is 2.28. The minimum absolute atomic E-state index is 0.232. The summed E-state index contributed by atoms with van der Waals surface area (Å²) in [6.07, 6.45) is 0. The van der Waals surface area contributed by atoms with Crippen molar-refractivity contribution >= 4 is 22.0 Å². The van der Waals surface area contributed by atoms with E-state index in [0.29, 0.717) is 0 Å². The molecule has 8 nitrogen and oxygen atoms in total. The lowest BCUT2D eigenvalue weighted by molar-refractivity contribution is -0.139.